The minimum atomic E-state index is 0. The summed E-state index contributed by atoms with van der Waals surface area (Å²) < 4.78 is 5.21. The van der Waals surface area contributed by atoms with Crippen LogP contribution in [0.5, 0.6) is 0 Å². The zero-order valence-corrected chi connectivity index (χ0v) is 9.33. The molecule has 0 radical (unpaired) electrons. The summed E-state index contributed by atoms with van der Waals surface area (Å²) in [4.78, 5) is 11.3. The highest BCUT2D eigenvalue weighted by Gasteiger charge is 2.23. The van der Waals surface area contributed by atoms with E-state index >= 15 is 0 Å². The molecule has 1 unspecified atom stereocenters. The molecule has 1 saturated heterocycles. The predicted octanol–water partition coefficient (Wildman–Crippen LogP) is 0.958. The number of halogens is 1. The molecule has 86 valence electrons. The summed E-state index contributed by atoms with van der Waals surface area (Å²) in [7, 11) is 0. The lowest BCUT2D eigenvalue weighted by atomic mass is 10.1. The third-order valence-electron chi connectivity index (χ3n) is 2.56. The van der Waals surface area contributed by atoms with E-state index in [1.165, 1.54) is 0 Å². The lowest BCUT2D eigenvalue weighted by Crippen LogP contribution is -2.08. The molecule has 7 heteroatoms. The van der Waals surface area contributed by atoms with Crippen LogP contribution in [-0.2, 0) is 0 Å². The molecule has 16 heavy (non-hydrogen) atoms. The number of rotatable bonds is 2. The number of imidazole rings is 1. The maximum absolute atomic E-state index is 5.21. The van der Waals surface area contributed by atoms with Crippen LogP contribution < -0.4 is 5.32 Å². The molecular formula is C9H12ClN5O. The van der Waals surface area contributed by atoms with Crippen LogP contribution in [0.2, 0.25) is 0 Å². The molecule has 1 aliphatic heterocycles. The van der Waals surface area contributed by atoms with Gasteiger partial charge in [-0.3, -0.25) is 0 Å². The molecule has 6 nitrogen and oxygen atoms in total. The second kappa shape index (κ2) is 4.63. The Kier molecular flexibility index (Phi) is 3.21. The zero-order chi connectivity index (χ0) is 10.1. The minimum Gasteiger partial charge on any atom is -0.342 e. The summed E-state index contributed by atoms with van der Waals surface area (Å²) in [6, 6.07) is 0. The number of aromatic nitrogens is 4. The van der Waals surface area contributed by atoms with E-state index in [1.54, 1.807) is 12.4 Å². The monoisotopic (exact) mass is 241 g/mol. The Morgan fingerprint density at radius 1 is 1.44 bits per heavy atom. The lowest BCUT2D eigenvalue weighted by Gasteiger charge is -1.98. The van der Waals surface area contributed by atoms with Crippen LogP contribution in [-0.4, -0.2) is 33.2 Å². The van der Waals surface area contributed by atoms with Crippen LogP contribution in [0.3, 0.4) is 0 Å². The summed E-state index contributed by atoms with van der Waals surface area (Å²) >= 11 is 0. The van der Waals surface area contributed by atoms with Crippen LogP contribution >= 0.6 is 12.4 Å². The largest absolute Gasteiger partial charge is 0.342 e. The van der Waals surface area contributed by atoms with Gasteiger partial charge in [0.15, 0.2) is 5.82 Å². The Labute approximate surface area is 98.3 Å². The van der Waals surface area contributed by atoms with Crippen LogP contribution in [0.4, 0.5) is 0 Å². The topological polar surface area (TPSA) is 79.6 Å². The van der Waals surface area contributed by atoms with Gasteiger partial charge in [0.25, 0.3) is 0 Å². The standard InChI is InChI=1S/C9H11N5O.ClH/c1-2-10-5-6(1)9-13-8(14-15-9)7-11-3-4-12-7;/h3-4,6,10H,1-2,5H2,(H,11,12);1H. The van der Waals surface area contributed by atoms with Crippen LogP contribution in [0.15, 0.2) is 16.9 Å². The molecule has 0 spiro atoms. The molecule has 0 amide bonds. The van der Waals surface area contributed by atoms with E-state index < -0.39 is 0 Å². The van der Waals surface area contributed by atoms with Gasteiger partial charge in [0.1, 0.15) is 0 Å². The summed E-state index contributed by atoms with van der Waals surface area (Å²) in [5.74, 6) is 2.23. The van der Waals surface area contributed by atoms with Gasteiger partial charge in [-0.2, -0.15) is 4.98 Å². The maximum Gasteiger partial charge on any atom is 0.238 e. The van der Waals surface area contributed by atoms with E-state index in [0.29, 0.717) is 23.5 Å². The van der Waals surface area contributed by atoms with Gasteiger partial charge in [0, 0.05) is 18.9 Å². The second-order valence-electron chi connectivity index (χ2n) is 3.58. The fourth-order valence-corrected chi connectivity index (χ4v) is 1.75. The van der Waals surface area contributed by atoms with Gasteiger partial charge in [-0.25, -0.2) is 4.98 Å². The maximum atomic E-state index is 5.21. The van der Waals surface area contributed by atoms with Gasteiger partial charge in [-0.05, 0) is 13.0 Å². The highest BCUT2D eigenvalue weighted by molar-refractivity contribution is 5.85. The molecule has 1 aliphatic rings. The molecule has 1 atom stereocenters. The van der Waals surface area contributed by atoms with Crippen LogP contribution in [0.1, 0.15) is 18.2 Å². The second-order valence-corrected chi connectivity index (χ2v) is 3.58. The van der Waals surface area contributed by atoms with Gasteiger partial charge in [0.05, 0.1) is 5.92 Å². The minimum absolute atomic E-state index is 0. The Bertz CT molecular complexity index is 434. The van der Waals surface area contributed by atoms with Crippen molar-refractivity contribution in [2.75, 3.05) is 13.1 Å². The van der Waals surface area contributed by atoms with Crippen molar-refractivity contribution in [2.45, 2.75) is 12.3 Å². The highest BCUT2D eigenvalue weighted by atomic mass is 35.5. The van der Waals surface area contributed by atoms with Crippen molar-refractivity contribution in [3.8, 4) is 11.6 Å². The summed E-state index contributed by atoms with van der Waals surface area (Å²) in [6.45, 7) is 1.93. The van der Waals surface area contributed by atoms with E-state index in [9.17, 15) is 0 Å². The number of nitrogens with zero attached hydrogens (tertiary/aromatic N) is 3. The highest BCUT2D eigenvalue weighted by Crippen LogP contribution is 2.22. The fraction of sp³-hybridized carbons (Fsp3) is 0.444. The molecule has 1 fully saturated rings. The normalized spacial score (nSPS) is 19.6. The van der Waals surface area contributed by atoms with Gasteiger partial charge in [0.2, 0.25) is 11.7 Å². The van der Waals surface area contributed by atoms with E-state index in [4.69, 9.17) is 4.52 Å². The first-order valence-electron chi connectivity index (χ1n) is 4.97. The summed E-state index contributed by atoms with van der Waals surface area (Å²) in [6.07, 6.45) is 4.46. The number of nitrogens with one attached hydrogen (secondary N) is 2. The van der Waals surface area contributed by atoms with Crippen molar-refractivity contribution in [1.29, 1.82) is 0 Å². The number of hydrogen-bond acceptors (Lipinski definition) is 5. The van der Waals surface area contributed by atoms with Crippen molar-refractivity contribution in [1.82, 2.24) is 25.4 Å². The third kappa shape index (κ3) is 1.94. The van der Waals surface area contributed by atoms with Crippen molar-refractivity contribution in [2.24, 2.45) is 0 Å². The third-order valence-corrected chi connectivity index (χ3v) is 2.56. The smallest absolute Gasteiger partial charge is 0.238 e. The average molecular weight is 242 g/mol. The summed E-state index contributed by atoms with van der Waals surface area (Å²) in [5.41, 5.74) is 0. The molecule has 3 rings (SSSR count). The molecule has 0 saturated carbocycles. The molecule has 0 aliphatic carbocycles. The van der Waals surface area contributed by atoms with Crippen molar-refractivity contribution in [3.63, 3.8) is 0 Å². The molecule has 3 heterocycles. The number of H-pyrrole nitrogens is 1. The molecule has 0 aromatic carbocycles. The first-order valence-corrected chi connectivity index (χ1v) is 4.97. The predicted molar refractivity (Wildman–Crippen MR) is 59.4 cm³/mol. The van der Waals surface area contributed by atoms with E-state index in [2.05, 4.69) is 25.4 Å². The first-order chi connectivity index (χ1) is 7.43. The number of aromatic amines is 1. The average Bonchev–Trinajstić information content (AvgIpc) is 3.02. The molecular weight excluding hydrogens is 230 g/mol. The fourth-order valence-electron chi connectivity index (χ4n) is 1.75. The molecule has 0 bridgehead atoms. The van der Waals surface area contributed by atoms with Crippen LogP contribution in [0.25, 0.3) is 11.6 Å². The Morgan fingerprint density at radius 3 is 3.06 bits per heavy atom. The molecule has 2 aromatic rings. The van der Waals surface area contributed by atoms with Gasteiger partial charge in [-0.15, -0.1) is 12.4 Å². The van der Waals surface area contributed by atoms with Crippen molar-refractivity contribution >= 4 is 12.4 Å². The lowest BCUT2D eigenvalue weighted by molar-refractivity contribution is 0.359. The Morgan fingerprint density at radius 2 is 2.38 bits per heavy atom. The number of hydrogen-bond donors (Lipinski definition) is 2. The Hall–Kier alpha value is -1.40. The Balaban J connectivity index is 0.000000963. The van der Waals surface area contributed by atoms with E-state index in [1.807, 2.05) is 0 Å². The molecule has 2 N–H and O–H groups in total. The SMILES string of the molecule is Cl.c1c[nH]c(-c2noc(C3CCNC3)n2)n1. The quantitative estimate of drug-likeness (QED) is 0.819. The van der Waals surface area contributed by atoms with Crippen molar-refractivity contribution in [3.05, 3.63) is 18.3 Å². The van der Waals surface area contributed by atoms with E-state index in [0.717, 1.165) is 19.5 Å². The van der Waals surface area contributed by atoms with Gasteiger partial charge < -0.3 is 14.8 Å². The van der Waals surface area contributed by atoms with E-state index in [-0.39, 0.29) is 12.4 Å². The first kappa shape index (κ1) is 11.1. The zero-order valence-electron chi connectivity index (χ0n) is 8.51. The molecule has 2 aromatic heterocycles. The van der Waals surface area contributed by atoms with Gasteiger partial charge >= 0.3 is 0 Å². The van der Waals surface area contributed by atoms with Crippen molar-refractivity contribution < 1.29 is 4.52 Å². The van der Waals surface area contributed by atoms with Crippen LogP contribution in [0, 0.1) is 0 Å². The summed E-state index contributed by atoms with van der Waals surface area (Å²) in [5, 5.41) is 7.16. The van der Waals surface area contributed by atoms with Gasteiger partial charge in [-0.1, -0.05) is 5.16 Å².